The molecule has 5 nitrogen and oxygen atoms in total. The van der Waals surface area contributed by atoms with Gasteiger partial charge in [0.1, 0.15) is 6.10 Å². The summed E-state index contributed by atoms with van der Waals surface area (Å²) in [5, 5.41) is 0.613. The van der Waals surface area contributed by atoms with Gasteiger partial charge in [-0.25, -0.2) is 0 Å². The fraction of sp³-hybridized carbons (Fsp3) is 0.600. The van der Waals surface area contributed by atoms with Gasteiger partial charge < -0.3 is 14.5 Å². The lowest BCUT2D eigenvalue weighted by Crippen LogP contribution is -2.44. The number of hydrogen-bond acceptors (Lipinski definition) is 3. The van der Waals surface area contributed by atoms with E-state index in [4.69, 9.17) is 16.3 Å². The molecule has 26 heavy (non-hydrogen) atoms. The summed E-state index contributed by atoms with van der Waals surface area (Å²) in [4.78, 5) is 29.1. The van der Waals surface area contributed by atoms with Crippen molar-refractivity contribution in [2.45, 2.75) is 45.3 Å². The molecule has 1 aliphatic carbocycles. The van der Waals surface area contributed by atoms with Crippen molar-refractivity contribution in [1.29, 1.82) is 0 Å². The Morgan fingerprint density at radius 1 is 1.27 bits per heavy atom. The molecule has 0 spiro atoms. The monoisotopic (exact) mass is 378 g/mol. The Hall–Kier alpha value is -1.59. The predicted molar refractivity (Wildman–Crippen MR) is 101 cm³/mol. The molecule has 6 heteroatoms. The largest absolute Gasteiger partial charge is 0.368 e. The number of nitrogens with zero attached hydrogens (tertiary/aromatic N) is 2. The summed E-state index contributed by atoms with van der Waals surface area (Å²) >= 11 is 5.91. The maximum Gasteiger partial charge on any atom is 0.254 e. The van der Waals surface area contributed by atoms with E-state index >= 15 is 0 Å². The first-order valence-electron chi connectivity index (χ1n) is 9.46. The number of likely N-dealkylation sites (tertiary alicyclic amines) is 1. The van der Waals surface area contributed by atoms with Gasteiger partial charge in [-0.3, -0.25) is 9.59 Å². The number of likely N-dealkylation sites (N-methyl/N-ethyl adjacent to an activating group) is 1. The van der Waals surface area contributed by atoms with E-state index in [1.165, 1.54) is 12.8 Å². The number of hydrogen-bond donors (Lipinski definition) is 0. The first-order valence-corrected chi connectivity index (χ1v) is 9.84. The quantitative estimate of drug-likeness (QED) is 0.732. The van der Waals surface area contributed by atoms with Crippen molar-refractivity contribution in [2.24, 2.45) is 5.92 Å². The van der Waals surface area contributed by atoms with Gasteiger partial charge in [0.15, 0.2) is 0 Å². The summed E-state index contributed by atoms with van der Waals surface area (Å²) in [5.74, 6) is 0.661. The second-order valence-corrected chi connectivity index (χ2v) is 7.68. The Bertz CT molecular complexity index is 645. The Morgan fingerprint density at radius 3 is 2.58 bits per heavy atom. The number of carbonyl (C=O) groups is 2. The molecule has 0 N–H and O–H groups in total. The average molecular weight is 379 g/mol. The Morgan fingerprint density at radius 2 is 1.96 bits per heavy atom. The minimum atomic E-state index is -0.406. The first kappa shape index (κ1) is 19.2. The van der Waals surface area contributed by atoms with Crippen LogP contribution in [-0.4, -0.2) is 60.0 Å². The van der Waals surface area contributed by atoms with Crippen LogP contribution in [0, 0.1) is 5.92 Å². The second kappa shape index (κ2) is 8.40. The van der Waals surface area contributed by atoms with Crippen LogP contribution in [0.5, 0.6) is 0 Å². The summed E-state index contributed by atoms with van der Waals surface area (Å²) in [5.41, 5.74) is 0.627. The van der Waals surface area contributed by atoms with Crippen molar-refractivity contribution in [3.05, 3.63) is 34.9 Å². The third-order valence-corrected chi connectivity index (χ3v) is 5.49. The highest BCUT2D eigenvalue weighted by Crippen LogP contribution is 2.29. The van der Waals surface area contributed by atoms with Crippen LogP contribution < -0.4 is 0 Å². The summed E-state index contributed by atoms with van der Waals surface area (Å²) in [7, 11) is 0. The minimum Gasteiger partial charge on any atom is -0.368 e. The minimum absolute atomic E-state index is 0.0125. The van der Waals surface area contributed by atoms with E-state index in [-0.39, 0.29) is 17.9 Å². The topological polar surface area (TPSA) is 49.9 Å². The summed E-state index contributed by atoms with van der Waals surface area (Å²) < 4.78 is 5.71. The standard InChI is InChI=1S/C20H27ClN2O3/c1-3-23(20(25)16-6-8-17(21)9-7-16)18-10-11-22(12-18)19(24)14(2)26-13-15-4-5-15/h6-9,14-15,18H,3-5,10-13H2,1-2H3. The lowest BCUT2D eigenvalue weighted by Gasteiger charge is -2.28. The predicted octanol–water partition coefficient (Wildman–Crippen LogP) is 3.22. The number of ether oxygens (including phenoxy) is 1. The van der Waals surface area contributed by atoms with Gasteiger partial charge in [0.05, 0.1) is 12.6 Å². The molecule has 142 valence electrons. The van der Waals surface area contributed by atoms with Gasteiger partial charge >= 0.3 is 0 Å². The van der Waals surface area contributed by atoms with Crippen LogP contribution in [0.3, 0.4) is 0 Å². The summed E-state index contributed by atoms with van der Waals surface area (Å²) in [6.45, 7) is 6.34. The van der Waals surface area contributed by atoms with E-state index in [0.717, 1.165) is 6.42 Å². The lowest BCUT2D eigenvalue weighted by atomic mass is 10.1. The molecule has 2 aliphatic rings. The van der Waals surface area contributed by atoms with Crippen molar-refractivity contribution >= 4 is 23.4 Å². The first-order chi connectivity index (χ1) is 12.5. The van der Waals surface area contributed by atoms with Crippen molar-refractivity contribution in [2.75, 3.05) is 26.2 Å². The molecular weight excluding hydrogens is 352 g/mol. The zero-order valence-electron chi connectivity index (χ0n) is 15.5. The SMILES string of the molecule is CCN(C(=O)c1ccc(Cl)cc1)C1CCN(C(=O)C(C)OCC2CC2)C1. The smallest absolute Gasteiger partial charge is 0.254 e. The molecule has 1 aromatic carbocycles. The van der Waals surface area contributed by atoms with Crippen molar-refractivity contribution in [1.82, 2.24) is 9.80 Å². The third-order valence-electron chi connectivity index (χ3n) is 5.24. The second-order valence-electron chi connectivity index (χ2n) is 7.24. The van der Waals surface area contributed by atoms with Crippen LogP contribution >= 0.6 is 11.6 Å². The van der Waals surface area contributed by atoms with Gasteiger partial charge in [-0.1, -0.05) is 11.6 Å². The van der Waals surface area contributed by atoms with E-state index in [1.807, 2.05) is 23.6 Å². The van der Waals surface area contributed by atoms with Crippen LogP contribution in [0.1, 0.15) is 43.5 Å². The number of rotatable bonds is 7. The highest BCUT2D eigenvalue weighted by molar-refractivity contribution is 6.30. The van der Waals surface area contributed by atoms with Gasteiger partial charge in [-0.05, 0) is 63.3 Å². The Labute approximate surface area is 160 Å². The molecule has 2 fully saturated rings. The fourth-order valence-corrected chi connectivity index (χ4v) is 3.54. The van der Waals surface area contributed by atoms with E-state index in [9.17, 15) is 9.59 Å². The number of carbonyl (C=O) groups excluding carboxylic acids is 2. The molecule has 0 radical (unpaired) electrons. The van der Waals surface area contributed by atoms with E-state index in [1.54, 1.807) is 24.3 Å². The molecular formula is C20H27ClN2O3. The molecule has 3 rings (SSSR count). The van der Waals surface area contributed by atoms with Gasteiger partial charge in [0.25, 0.3) is 11.8 Å². The maximum absolute atomic E-state index is 12.8. The molecule has 1 aliphatic heterocycles. The van der Waals surface area contributed by atoms with Gasteiger partial charge in [-0.2, -0.15) is 0 Å². The van der Waals surface area contributed by atoms with Gasteiger partial charge in [0.2, 0.25) is 0 Å². The van der Waals surface area contributed by atoms with E-state index in [2.05, 4.69) is 0 Å². The van der Waals surface area contributed by atoms with E-state index < -0.39 is 6.10 Å². The molecule has 0 bridgehead atoms. The van der Waals surface area contributed by atoms with Crippen LogP contribution in [-0.2, 0) is 9.53 Å². The highest BCUT2D eigenvalue weighted by Gasteiger charge is 2.34. The summed E-state index contributed by atoms with van der Waals surface area (Å²) in [6, 6.07) is 7.00. The van der Waals surface area contributed by atoms with Crippen LogP contribution in [0.4, 0.5) is 0 Å². The molecule has 2 atom stereocenters. The lowest BCUT2D eigenvalue weighted by molar-refractivity contribution is -0.142. The van der Waals surface area contributed by atoms with Crippen LogP contribution in [0.25, 0.3) is 0 Å². The number of benzene rings is 1. The third kappa shape index (κ3) is 4.57. The Balaban J connectivity index is 1.57. The van der Waals surface area contributed by atoms with Crippen molar-refractivity contribution in [3.63, 3.8) is 0 Å². The van der Waals surface area contributed by atoms with Gasteiger partial charge in [-0.15, -0.1) is 0 Å². The molecule has 2 amide bonds. The van der Waals surface area contributed by atoms with Crippen molar-refractivity contribution < 1.29 is 14.3 Å². The zero-order chi connectivity index (χ0) is 18.7. The normalized spacial score (nSPS) is 20.9. The molecule has 1 aromatic rings. The van der Waals surface area contributed by atoms with Crippen LogP contribution in [0.15, 0.2) is 24.3 Å². The zero-order valence-corrected chi connectivity index (χ0v) is 16.2. The number of halogens is 1. The molecule has 1 saturated heterocycles. The molecule has 0 aromatic heterocycles. The van der Waals surface area contributed by atoms with Gasteiger partial charge in [0, 0.05) is 30.2 Å². The van der Waals surface area contributed by atoms with Crippen molar-refractivity contribution in [3.8, 4) is 0 Å². The Kier molecular flexibility index (Phi) is 6.20. The molecule has 1 heterocycles. The maximum atomic E-state index is 12.8. The summed E-state index contributed by atoms with van der Waals surface area (Å²) in [6.07, 6.45) is 2.82. The highest BCUT2D eigenvalue weighted by atomic mass is 35.5. The molecule has 2 unspecified atom stereocenters. The number of amides is 2. The molecule has 1 saturated carbocycles. The average Bonchev–Trinajstić information content (AvgIpc) is 3.36. The fourth-order valence-electron chi connectivity index (χ4n) is 3.42. The van der Waals surface area contributed by atoms with E-state index in [0.29, 0.717) is 42.7 Å². The van der Waals surface area contributed by atoms with Crippen LogP contribution in [0.2, 0.25) is 5.02 Å².